The highest BCUT2D eigenvalue weighted by Crippen LogP contribution is 2.57. The molecule has 3 aliphatic heterocycles. The summed E-state index contributed by atoms with van der Waals surface area (Å²) in [5.41, 5.74) is 0.727. The highest BCUT2D eigenvalue weighted by atomic mass is 35.5. The Morgan fingerprint density at radius 3 is 2.33 bits per heavy atom. The van der Waals surface area contributed by atoms with E-state index in [4.69, 9.17) is 27.9 Å². The SMILES string of the molecule is CC(F)(F)C(=O)N1CC2(C1)OCc1cc(C3=NS[C@@](c4cc(Cl)c(F)c(Cl)c4)(C(F)(F)F)C3)ccc12. The first-order valence-corrected chi connectivity index (χ1v) is 12.1. The number of likely N-dealkylation sites (tertiary alicyclic amines) is 1. The first-order chi connectivity index (χ1) is 16.7. The zero-order valence-corrected chi connectivity index (χ0v) is 20.7. The van der Waals surface area contributed by atoms with E-state index in [1.165, 1.54) is 0 Å². The minimum atomic E-state index is -4.76. The number of hydrogen-bond acceptors (Lipinski definition) is 4. The number of amides is 1. The molecular weight excluding hydrogens is 553 g/mol. The minimum absolute atomic E-state index is 0.0400. The predicted molar refractivity (Wildman–Crippen MR) is 123 cm³/mol. The first kappa shape index (κ1) is 25.7. The lowest BCUT2D eigenvalue weighted by molar-refractivity contribution is -0.187. The molecule has 0 bridgehead atoms. The molecule has 0 saturated carbocycles. The summed E-state index contributed by atoms with van der Waals surface area (Å²) in [5, 5.41) is -1.05. The van der Waals surface area contributed by atoms with Crippen LogP contribution in [0.2, 0.25) is 10.0 Å². The van der Waals surface area contributed by atoms with Crippen LogP contribution in [0.4, 0.5) is 26.3 Å². The lowest BCUT2D eigenvalue weighted by atomic mass is 9.83. The van der Waals surface area contributed by atoms with Crippen LogP contribution in [-0.2, 0) is 26.5 Å². The van der Waals surface area contributed by atoms with Crippen molar-refractivity contribution >= 4 is 46.8 Å². The summed E-state index contributed by atoms with van der Waals surface area (Å²) in [4.78, 5) is 12.8. The summed E-state index contributed by atoms with van der Waals surface area (Å²) >= 11 is 11.9. The van der Waals surface area contributed by atoms with E-state index in [0.717, 1.165) is 17.0 Å². The number of alkyl halides is 5. The highest BCUT2D eigenvalue weighted by molar-refractivity contribution is 7.99. The molecule has 0 N–H and O–H groups in total. The summed E-state index contributed by atoms with van der Waals surface area (Å²) in [5.74, 6) is -5.78. The van der Waals surface area contributed by atoms with Crippen LogP contribution in [0, 0.1) is 5.82 Å². The molecule has 2 aromatic carbocycles. The molecule has 1 spiro atoms. The third-order valence-electron chi connectivity index (χ3n) is 6.62. The Morgan fingerprint density at radius 1 is 1.11 bits per heavy atom. The van der Waals surface area contributed by atoms with Crippen LogP contribution in [0.3, 0.4) is 0 Å². The van der Waals surface area contributed by atoms with Gasteiger partial charge >= 0.3 is 12.1 Å². The van der Waals surface area contributed by atoms with Gasteiger partial charge in [0.2, 0.25) is 0 Å². The quantitative estimate of drug-likeness (QED) is 0.236. The van der Waals surface area contributed by atoms with Gasteiger partial charge in [0.1, 0.15) is 5.60 Å². The summed E-state index contributed by atoms with van der Waals surface area (Å²) in [6.45, 7) is 0.566. The number of carbonyl (C=O) groups is 1. The Hall–Kier alpha value is -1.95. The largest absolute Gasteiger partial charge is 0.409 e. The topological polar surface area (TPSA) is 41.9 Å². The van der Waals surface area contributed by atoms with Crippen molar-refractivity contribution in [3.05, 3.63) is 68.4 Å². The molecule has 0 aliphatic carbocycles. The Kier molecular flexibility index (Phi) is 5.91. The van der Waals surface area contributed by atoms with Crippen LogP contribution >= 0.6 is 35.1 Å². The minimum Gasteiger partial charge on any atom is -0.362 e. The van der Waals surface area contributed by atoms with E-state index in [1.807, 2.05) is 0 Å². The molecule has 3 heterocycles. The third kappa shape index (κ3) is 3.90. The van der Waals surface area contributed by atoms with Crippen LogP contribution in [0.15, 0.2) is 34.7 Å². The average molecular weight is 569 g/mol. The van der Waals surface area contributed by atoms with Crippen molar-refractivity contribution in [1.29, 1.82) is 0 Å². The monoisotopic (exact) mass is 568 g/mol. The van der Waals surface area contributed by atoms with Crippen molar-refractivity contribution in [3.63, 3.8) is 0 Å². The van der Waals surface area contributed by atoms with Crippen molar-refractivity contribution in [1.82, 2.24) is 4.90 Å². The standard InChI is InChI=1S/C23H16Cl2F6N2O2S/c1-20(27,28)19(34)33-9-21(10-33)14-3-2-11(4-12(14)8-35-21)17-7-22(36-32-17,23(29,30)31)13-5-15(24)18(26)16(25)6-13/h2-6H,7-10H2,1H3/t22-/m0/s1. The Balaban J connectivity index is 1.41. The highest BCUT2D eigenvalue weighted by Gasteiger charge is 2.60. The molecule has 2 aromatic rings. The normalized spacial score (nSPS) is 23.0. The van der Waals surface area contributed by atoms with E-state index in [0.29, 0.717) is 35.6 Å². The lowest BCUT2D eigenvalue weighted by Crippen LogP contribution is -2.63. The molecule has 1 saturated heterocycles. The number of benzene rings is 2. The van der Waals surface area contributed by atoms with Gasteiger partial charge in [-0.2, -0.15) is 22.0 Å². The zero-order chi connectivity index (χ0) is 26.3. The molecule has 4 nitrogen and oxygen atoms in total. The second-order valence-electron chi connectivity index (χ2n) is 9.09. The van der Waals surface area contributed by atoms with E-state index in [1.54, 1.807) is 18.2 Å². The molecule has 192 valence electrons. The van der Waals surface area contributed by atoms with Crippen LogP contribution in [0.25, 0.3) is 0 Å². The van der Waals surface area contributed by atoms with Crippen LogP contribution in [0.5, 0.6) is 0 Å². The number of hydrogen-bond donors (Lipinski definition) is 0. The van der Waals surface area contributed by atoms with Crippen molar-refractivity contribution in [2.24, 2.45) is 4.40 Å². The number of halogens is 8. The van der Waals surface area contributed by atoms with E-state index in [9.17, 15) is 31.1 Å². The zero-order valence-electron chi connectivity index (χ0n) is 18.4. The van der Waals surface area contributed by atoms with Gasteiger partial charge in [0.25, 0.3) is 5.91 Å². The van der Waals surface area contributed by atoms with Gasteiger partial charge in [-0.1, -0.05) is 35.3 Å². The summed E-state index contributed by atoms with van der Waals surface area (Å²) in [7, 11) is 0. The maximum absolute atomic E-state index is 14.3. The van der Waals surface area contributed by atoms with Gasteiger partial charge in [-0.05, 0) is 52.4 Å². The fraction of sp³-hybridized carbons (Fsp3) is 0.391. The fourth-order valence-corrected chi connectivity index (χ4v) is 6.18. The number of rotatable bonds is 3. The molecule has 1 amide bonds. The number of carbonyl (C=O) groups excluding carboxylic acids is 1. The second-order valence-corrected chi connectivity index (χ2v) is 11.0. The Bertz CT molecular complexity index is 1280. The maximum atomic E-state index is 14.3. The van der Waals surface area contributed by atoms with Gasteiger partial charge in [-0.15, -0.1) is 0 Å². The predicted octanol–water partition coefficient (Wildman–Crippen LogP) is 6.65. The van der Waals surface area contributed by atoms with Crippen molar-refractivity contribution in [2.75, 3.05) is 13.1 Å². The van der Waals surface area contributed by atoms with Gasteiger partial charge in [0.15, 0.2) is 10.6 Å². The van der Waals surface area contributed by atoms with Gasteiger partial charge in [-0.25, -0.2) is 8.79 Å². The van der Waals surface area contributed by atoms with E-state index in [2.05, 4.69) is 4.40 Å². The van der Waals surface area contributed by atoms with E-state index < -0.39 is 50.6 Å². The number of nitrogens with zero attached hydrogens (tertiary/aromatic N) is 2. The van der Waals surface area contributed by atoms with Gasteiger partial charge < -0.3 is 9.64 Å². The fourth-order valence-electron chi connectivity index (χ4n) is 4.73. The Labute approximate surface area is 215 Å². The number of ether oxygens (including phenoxy) is 1. The average Bonchev–Trinajstić information content (AvgIpc) is 3.37. The lowest BCUT2D eigenvalue weighted by Gasteiger charge is -2.48. The molecule has 0 aromatic heterocycles. The summed E-state index contributed by atoms with van der Waals surface area (Å²) in [6, 6.07) is 6.72. The Morgan fingerprint density at radius 2 is 1.75 bits per heavy atom. The van der Waals surface area contributed by atoms with Gasteiger partial charge in [0.05, 0.1) is 35.5 Å². The molecule has 1 fully saturated rings. The molecule has 5 rings (SSSR count). The van der Waals surface area contributed by atoms with Crippen molar-refractivity contribution in [3.8, 4) is 0 Å². The smallest absolute Gasteiger partial charge is 0.362 e. The van der Waals surface area contributed by atoms with Gasteiger partial charge in [0, 0.05) is 13.3 Å². The van der Waals surface area contributed by atoms with Crippen LogP contribution < -0.4 is 0 Å². The van der Waals surface area contributed by atoms with Crippen LogP contribution in [-0.4, -0.2) is 41.7 Å². The van der Waals surface area contributed by atoms with Crippen LogP contribution in [0.1, 0.15) is 35.6 Å². The molecular formula is C23H16Cl2F6N2O2S. The molecule has 13 heteroatoms. The van der Waals surface area contributed by atoms with E-state index >= 15 is 0 Å². The maximum Gasteiger partial charge on any atom is 0.409 e. The molecule has 0 radical (unpaired) electrons. The first-order valence-electron chi connectivity index (χ1n) is 10.6. The third-order valence-corrected chi connectivity index (χ3v) is 8.41. The summed E-state index contributed by atoms with van der Waals surface area (Å²) in [6.07, 6.45) is -5.31. The molecule has 1 atom stereocenters. The number of fused-ring (bicyclic) bond motifs is 2. The molecule has 3 aliphatic rings. The van der Waals surface area contributed by atoms with Crippen molar-refractivity contribution in [2.45, 2.75) is 42.4 Å². The van der Waals surface area contributed by atoms with Gasteiger partial charge in [-0.3, -0.25) is 4.79 Å². The summed E-state index contributed by atoms with van der Waals surface area (Å²) < 4.78 is 91.0. The molecule has 36 heavy (non-hydrogen) atoms. The van der Waals surface area contributed by atoms with Crippen molar-refractivity contribution < 1.29 is 35.9 Å². The second kappa shape index (κ2) is 8.28. The molecule has 0 unspecified atom stereocenters. The van der Waals surface area contributed by atoms with E-state index in [-0.39, 0.29) is 31.0 Å².